The molecular formula is C24H23ClN6O2. The Balaban J connectivity index is 1.32. The molecule has 3 heterocycles. The van der Waals surface area contributed by atoms with E-state index in [1.54, 1.807) is 7.11 Å². The summed E-state index contributed by atoms with van der Waals surface area (Å²) < 4.78 is 5.69. The lowest BCUT2D eigenvalue weighted by Gasteiger charge is -2.28. The van der Waals surface area contributed by atoms with Gasteiger partial charge in [-0.15, -0.1) is 0 Å². The second-order valence-corrected chi connectivity index (χ2v) is 9.16. The molecule has 33 heavy (non-hydrogen) atoms. The summed E-state index contributed by atoms with van der Waals surface area (Å²) in [7, 11) is 1.67. The van der Waals surface area contributed by atoms with Crippen molar-refractivity contribution in [3.63, 3.8) is 0 Å². The van der Waals surface area contributed by atoms with E-state index in [0.29, 0.717) is 34.6 Å². The van der Waals surface area contributed by atoms with Gasteiger partial charge in [0.15, 0.2) is 5.82 Å². The van der Waals surface area contributed by atoms with Crippen LogP contribution in [0.15, 0.2) is 36.5 Å². The Hall–Kier alpha value is -3.36. The number of rotatable bonds is 5. The minimum atomic E-state index is -0.113. The maximum absolute atomic E-state index is 12.3. The molecule has 1 saturated carbocycles. The first-order chi connectivity index (χ1) is 16.1. The number of carbonyl (C=O) groups excluding carboxylic acids is 1. The largest absolute Gasteiger partial charge is 0.495 e. The summed E-state index contributed by atoms with van der Waals surface area (Å²) in [4.78, 5) is 21.2. The smallest absolute Gasteiger partial charge is 0.254 e. The van der Waals surface area contributed by atoms with E-state index in [0.717, 1.165) is 30.1 Å². The van der Waals surface area contributed by atoms with Crippen molar-refractivity contribution in [2.24, 2.45) is 0 Å². The lowest BCUT2D eigenvalue weighted by molar-refractivity contribution is 0.0966. The van der Waals surface area contributed by atoms with E-state index < -0.39 is 0 Å². The van der Waals surface area contributed by atoms with Crippen molar-refractivity contribution in [3.8, 4) is 5.75 Å². The summed E-state index contributed by atoms with van der Waals surface area (Å²) in [5.41, 5.74) is 5.90. The number of fused-ring (bicyclic) bond motifs is 3. The molecule has 0 saturated heterocycles. The van der Waals surface area contributed by atoms with Gasteiger partial charge in [0.2, 0.25) is 5.95 Å². The Morgan fingerprint density at radius 3 is 2.82 bits per heavy atom. The molecule has 1 aliphatic carbocycles. The van der Waals surface area contributed by atoms with Crippen LogP contribution in [0.4, 0.5) is 23.1 Å². The summed E-state index contributed by atoms with van der Waals surface area (Å²) in [6.07, 6.45) is 3.95. The van der Waals surface area contributed by atoms with Crippen LogP contribution in [-0.2, 0) is 18.5 Å². The third-order valence-corrected chi connectivity index (χ3v) is 6.97. The predicted molar refractivity (Wildman–Crippen MR) is 127 cm³/mol. The van der Waals surface area contributed by atoms with Crippen LogP contribution >= 0.6 is 11.6 Å². The van der Waals surface area contributed by atoms with Crippen molar-refractivity contribution in [1.29, 1.82) is 0 Å². The highest BCUT2D eigenvalue weighted by Crippen LogP contribution is 2.52. The molecule has 0 bridgehead atoms. The van der Waals surface area contributed by atoms with Gasteiger partial charge >= 0.3 is 0 Å². The van der Waals surface area contributed by atoms with Gasteiger partial charge < -0.3 is 26.0 Å². The summed E-state index contributed by atoms with van der Waals surface area (Å²) in [6.45, 7) is 2.36. The molecule has 2 aromatic carbocycles. The molecule has 1 spiro atoms. The molecule has 8 nitrogen and oxygen atoms in total. The van der Waals surface area contributed by atoms with Gasteiger partial charge in [-0.2, -0.15) is 4.98 Å². The number of carbonyl (C=O) groups is 1. The second-order valence-electron chi connectivity index (χ2n) is 8.76. The highest BCUT2D eigenvalue weighted by atomic mass is 35.5. The topological polar surface area (TPSA) is 100 Å². The molecule has 3 aliphatic rings. The molecule has 1 aromatic heterocycles. The van der Waals surface area contributed by atoms with Gasteiger partial charge in [-0.05, 0) is 47.7 Å². The van der Waals surface area contributed by atoms with E-state index in [4.69, 9.17) is 16.3 Å². The Labute approximate surface area is 196 Å². The Morgan fingerprint density at radius 1 is 1.12 bits per heavy atom. The number of methoxy groups -OCH3 is 1. The van der Waals surface area contributed by atoms with Crippen molar-refractivity contribution < 1.29 is 9.53 Å². The molecule has 168 valence electrons. The molecule has 0 radical (unpaired) electrons. The Bertz CT molecular complexity index is 1290. The summed E-state index contributed by atoms with van der Waals surface area (Å²) >= 11 is 6.38. The number of aromatic nitrogens is 2. The van der Waals surface area contributed by atoms with E-state index in [2.05, 4.69) is 43.4 Å². The summed E-state index contributed by atoms with van der Waals surface area (Å²) in [5.74, 6) is 1.44. The van der Waals surface area contributed by atoms with Gasteiger partial charge in [0.05, 0.1) is 30.2 Å². The molecular weight excluding hydrogens is 440 g/mol. The van der Waals surface area contributed by atoms with Crippen LogP contribution in [0.2, 0.25) is 5.02 Å². The fraction of sp³-hybridized carbons (Fsp3) is 0.292. The summed E-state index contributed by atoms with van der Waals surface area (Å²) in [6, 6.07) is 9.92. The number of hydrogen-bond acceptors (Lipinski definition) is 7. The Morgan fingerprint density at radius 2 is 2.00 bits per heavy atom. The first kappa shape index (κ1) is 20.3. The van der Waals surface area contributed by atoms with E-state index in [-0.39, 0.29) is 11.3 Å². The highest BCUT2D eigenvalue weighted by molar-refractivity contribution is 6.33. The average Bonchev–Trinajstić information content (AvgIpc) is 3.49. The SMILES string of the molecule is COc1cc2c(cc1Nc1ncc(Cl)c(Nc3cccc4c3C(=O)NC4)n1)CNCC21CC1. The predicted octanol–water partition coefficient (Wildman–Crippen LogP) is 4.00. The third kappa shape index (κ3) is 3.46. The second kappa shape index (κ2) is 7.60. The number of amides is 1. The third-order valence-electron chi connectivity index (χ3n) is 6.69. The molecule has 3 aromatic rings. The minimum Gasteiger partial charge on any atom is -0.495 e. The first-order valence-corrected chi connectivity index (χ1v) is 11.3. The number of nitrogens with zero attached hydrogens (tertiary/aromatic N) is 2. The van der Waals surface area contributed by atoms with Crippen LogP contribution in [0, 0.1) is 0 Å². The summed E-state index contributed by atoms with van der Waals surface area (Å²) in [5, 5.41) is 13.2. The molecule has 6 rings (SSSR count). The van der Waals surface area contributed by atoms with E-state index >= 15 is 0 Å². The molecule has 1 fully saturated rings. The van der Waals surface area contributed by atoms with Crippen LogP contribution in [0.3, 0.4) is 0 Å². The number of halogens is 1. The fourth-order valence-corrected chi connectivity index (χ4v) is 4.94. The zero-order valence-corrected chi connectivity index (χ0v) is 18.8. The van der Waals surface area contributed by atoms with Crippen LogP contribution in [0.25, 0.3) is 0 Å². The number of nitrogens with one attached hydrogen (secondary N) is 4. The number of hydrogen-bond donors (Lipinski definition) is 4. The zero-order chi connectivity index (χ0) is 22.6. The fourth-order valence-electron chi connectivity index (χ4n) is 4.81. The van der Waals surface area contributed by atoms with Crippen LogP contribution in [-0.4, -0.2) is 29.5 Å². The van der Waals surface area contributed by atoms with Crippen molar-refractivity contribution in [2.45, 2.75) is 31.3 Å². The monoisotopic (exact) mass is 462 g/mol. The van der Waals surface area contributed by atoms with Gasteiger partial charge in [-0.3, -0.25) is 4.79 Å². The van der Waals surface area contributed by atoms with Crippen LogP contribution < -0.4 is 26.0 Å². The highest BCUT2D eigenvalue weighted by Gasteiger charge is 2.47. The van der Waals surface area contributed by atoms with E-state index in [9.17, 15) is 4.79 Å². The van der Waals surface area contributed by atoms with Gasteiger partial charge in [0.1, 0.15) is 10.8 Å². The number of anilines is 4. The normalized spacial score (nSPS) is 17.2. The van der Waals surface area contributed by atoms with Gasteiger partial charge in [0.25, 0.3) is 5.91 Å². The minimum absolute atomic E-state index is 0.113. The molecule has 4 N–H and O–H groups in total. The molecule has 0 unspecified atom stereocenters. The lowest BCUT2D eigenvalue weighted by atomic mass is 9.87. The molecule has 9 heteroatoms. The lowest BCUT2D eigenvalue weighted by Crippen LogP contribution is -2.33. The molecule has 0 atom stereocenters. The van der Waals surface area contributed by atoms with Gasteiger partial charge in [-0.25, -0.2) is 4.98 Å². The van der Waals surface area contributed by atoms with Crippen molar-refractivity contribution in [2.75, 3.05) is 24.3 Å². The number of ether oxygens (including phenoxy) is 1. The number of benzene rings is 2. The quantitative estimate of drug-likeness (QED) is 0.454. The Kier molecular flexibility index (Phi) is 4.67. The van der Waals surface area contributed by atoms with Gasteiger partial charge in [-0.1, -0.05) is 23.7 Å². The van der Waals surface area contributed by atoms with Gasteiger partial charge in [0, 0.05) is 25.0 Å². The van der Waals surface area contributed by atoms with E-state index in [1.807, 2.05) is 18.2 Å². The van der Waals surface area contributed by atoms with Crippen LogP contribution in [0.5, 0.6) is 5.75 Å². The molecule has 1 amide bonds. The van der Waals surface area contributed by atoms with Crippen LogP contribution in [0.1, 0.15) is 39.9 Å². The van der Waals surface area contributed by atoms with E-state index in [1.165, 1.54) is 30.2 Å². The van der Waals surface area contributed by atoms with Crippen molar-refractivity contribution in [3.05, 3.63) is 63.8 Å². The first-order valence-electron chi connectivity index (χ1n) is 11.0. The maximum Gasteiger partial charge on any atom is 0.254 e. The zero-order valence-electron chi connectivity index (χ0n) is 18.1. The van der Waals surface area contributed by atoms with Crippen molar-refractivity contribution in [1.82, 2.24) is 20.6 Å². The standard InChI is InChI=1S/C24H23ClN6O2/c1-33-19-8-15-14(9-26-12-24(15)5-6-24)7-18(19)30-23-28-11-16(25)21(31-23)29-17-4-2-3-13-10-27-22(32)20(13)17/h2-4,7-8,11,26H,5-6,9-10,12H2,1H3,(H,27,32)(H2,28,29,30,31). The van der Waals surface area contributed by atoms with Crippen molar-refractivity contribution >= 4 is 40.6 Å². The average molecular weight is 463 g/mol. The molecule has 2 aliphatic heterocycles. The maximum atomic E-state index is 12.3.